The third kappa shape index (κ3) is 506000. The van der Waals surface area contributed by atoms with Gasteiger partial charge in [0.15, 0.2) is 0 Å². The van der Waals surface area contributed by atoms with E-state index in [9.17, 15) is 0 Å². The van der Waals surface area contributed by atoms with E-state index < -0.39 is 20.8 Å². The van der Waals surface area contributed by atoms with Gasteiger partial charge in [-0.15, -0.1) is 0 Å². The van der Waals surface area contributed by atoms with Crippen LogP contribution in [0.2, 0.25) is 0 Å². The fraction of sp³-hybridized carbons (Fsp3) is 0. The van der Waals surface area contributed by atoms with E-state index in [0.717, 1.165) is 0 Å². The fourth-order valence-electron chi connectivity index (χ4n) is 0. The standard InChI is InChI=1S/Fe.2H3N.2H2O4S.7H2O/c;;;2*1-5(2,3)4;;;;;;;/h;2*1H3;2*(H2,1,2,3,4);7*1H2/q+2;;;;;;;;;;;/p-2. The molecule has 142 valence electrons. The minimum atomic E-state index is -5.17. The monoisotopic (exact) mass is 410 g/mol. The van der Waals surface area contributed by atoms with Crippen molar-refractivity contribution < 1.29 is 90.4 Å². The molecule has 0 aliphatic carbocycles. The number of rotatable bonds is 0. The van der Waals surface area contributed by atoms with Crippen molar-refractivity contribution >= 4 is 20.8 Å². The van der Waals surface area contributed by atoms with Crippen molar-refractivity contribution in [2.75, 3.05) is 0 Å². The summed E-state index contributed by atoms with van der Waals surface area (Å²) in [6.07, 6.45) is 0. The van der Waals surface area contributed by atoms with Gasteiger partial charge in [0.1, 0.15) is 0 Å². The summed E-state index contributed by atoms with van der Waals surface area (Å²) in [4.78, 5) is 0. The minimum Gasteiger partial charge on any atom is -0.759 e. The van der Waals surface area contributed by atoms with Crippen LogP contribution in [0.25, 0.3) is 0 Å². The predicted molar refractivity (Wildman–Crippen MR) is 58.2 cm³/mol. The molecule has 0 spiro atoms. The van der Waals surface area contributed by atoms with Crippen LogP contribution >= 0.6 is 0 Å². The van der Waals surface area contributed by atoms with Gasteiger partial charge in [0.2, 0.25) is 0 Å². The molecule has 20 heavy (non-hydrogen) atoms. The van der Waals surface area contributed by atoms with Crippen molar-refractivity contribution in [1.29, 1.82) is 0 Å². The molecule has 0 aliphatic rings. The summed E-state index contributed by atoms with van der Waals surface area (Å²) in [7, 11) is -10.3. The Morgan fingerprint density at radius 3 is 0.450 bits per heavy atom. The molecular weight excluding hydrogens is 388 g/mol. The van der Waals surface area contributed by atoms with E-state index >= 15 is 0 Å². The maximum Gasteiger partial charge on any atom is 2.00 e. The quantitative estimate of drug-likeness (QED) is 0.218. The largest absolute Gasteiger partial charge is 2.00 e. The second-order valence-electron chi connectivity index (χ2n) is 0.816. The number of quaternary nitrogens is 2. The molecule has 0 fully saturated rings. The Kier molecular flexibility index (Phi) is 244. The van der Waals surface area contributed by atoms with Crippen molar-refractivity contribution in [1.82, 2.24) is 12.3 Å². The number of hydrogen-bond acceptors (Lipinski definition) is 8. The zero-order chi connectivity index (χ0) is 9.00. The molecule has 0 saturated carbocycles. The Hall–Kier alpha value is -0.101. The van der Waals surface area contributed by atoms with Crippen molar-refractivity contribution in [3.05, 3.63) is 0 Å². The molecule has 0 aromatic heterocycles. The molecule has 20 heteroatoms. The minimum absolute atomic E-state index is 0. The van der Waals surface area contributed by atoms with Crippen molar-refractivity contribution in [3.8, 4) is 0 Å². The molecule has 0 amide bonds. The molecule has 0 heterocycles. The second kappa shape index (κ2) is 42.8. The summed E-state index contributed by atoms with van der Waals surface area (Å²) < 4.78 is 68.2. The second-order valence-corrected chi connectivity index (χ2v) is 2.45. The van der Waals surface area contributed by atoms with Crippen LogP contribution in [0.15, 0.2) is 0 Å². The molecule has 0 bridgehead atoms. The normalized spacial score (nSPS) is 5.80. The van der Waals surface area contributed by atoms with Gasteiger partial charge < -0.3 is 68.8 Å². The Labute approximate surface area is 124 Å². The van der Waals surface area contributed by atoms with Crippen LogP contribution in [0.4, 0.5) is 0 Å². The molecule has 0 aromatic carbocycles. The van der Waals surface area contributed by atoms with Gasteiger partial charge in [-0.25, -0.2) is 0 Å². The molecule has 0 saturated heterocycles. The van der Waals surface area contributed by atoms with Gasteiger partial charge in [-0.3, -0.25) is 16.8 Å². The molecule has 17 nitrogen and oxygen atoms in total. The summed E-state index contributed by atoms with van der Waals surface area (Å²) in [6.45, 7) is 0. The third-order valence-electron chi connectivity index (χ3n) is 0. The zero-order valence-corrected chi connectivity index (χ0v) is 12.7. The van der Waals surface area contributed by atoms with Gasteiger partial charge in [0.05, 0.1) is 0 Å². The Bertz CT molecular complexity index is 220. The third-order valence-corrected chi connectivity index (χ3v) is 0. The molecule has 0 atom stereocenters. The summed E-state index contributed by atoms with van der Waals surface area (Å²) >= 11 is 0. The maximum atomic E-state index is 8.52. The first-order valence-electron chi connectivity index (χ1n) is 1.33. The predicted octanol–water partition coefficient (Wildman–Crippen LogP) is -7.70. The van der Waals surface area contributed by atoms with Gasteiger partial charge in [-0.1, -0.05) is 0 Å². The molecule has 0 aromatic rings. The molecule has 0 unspecified atom stereocenters. The van der Waals surface area contributed by atoms with E-state index in [1.165, 1.54) is 0 Å². The van der Waals surface area contributed by atoms with E-state index in [1.807, 2.05) is 0 Å². The van der Waals surface area contributed by atoms with Gasteiger partial charge in [-0.2, -0.15) is 0 Å². The smallest absolute Gasteiger partial charge is 0.759 e. The first-order valence-corrected chi connectivity index (χ1v) is 4.00. The molecule has 0 radical (unpaired) electrons. The summed E-state index contributed by atoms with van der Waals surface area (Å²) in [5, 5.41) is 0. The van der Waals surface area contributed by atoms with E-state index in [-0.39, 0.29) is 67.7 Å². The number of hydrogen-bond donors (Lipinski definition) is 2. The first-order chi connectivity index (χ1) is 4.00. The van der Waals surface area contributed by atoms with Crippen LogP contribution in [0.1, 0.15) is 0 Å². The zero-order valence-electron chi connectivity index (χ0n) is 9.94. The van der Waals surface area contributed by atoms with E-state index in [0.29, 0.717) is 0 Å². The summed E-state index contributed by atoms with van der Waals surface area (Å²) in [5.41, 5.74) is 0. The van der Waals surface area contributed by atoms with Gasteiger partial charge in [0.25, 0.3) is 0 Å². The van der Waals surface area contributed by atoms with Crippen molar-refractivity contribution in [3.63, 3.8) is 0 Å². The first kappa shape index (κ1) is 114. The topological polar surface area (TPSA) is 454 Å². The maximum absolute atomic E-state index is 8.52. The van der Waals surface area contributed by atoms with Crippen molar-refractivity contribution in [2.24, 2.45) is 0 Å². The van der Waals surface area contributed by atoms with Crippen LogP contribution in [-0.2, 0) is 37.9 Å². The Morgan fingerprint density at radius 2 is 0.450 bits per heavy atom. The summed E-state index contributed by atoms with van der Waals surface area (Å²) in [6, 6.07) is 0. The van der Waals surface area contributed by atoms with E-state index in [1.54, 1.807) is 0 Å². The van der Waals surface area contributed by atoms with Crippen LogP contribution in [-0.4, -0.2) is 73.4 Å². The van der Waals surface area contributed by atoms with Gasteiger partial charge in [0, 0.05) is 20.8 Å². The van der Waals surface area contributed by atoms with Crippen molar-refractivity contribution in [2.45, 2.75) is 0 Å². The molecular formula is H22FeN2O15S2. The van der Waals surface area contributed by atoms with Crippen LogP contribution in [0, 0.1) is 0 Å². The molecule has 0 rings (SSSR count). The molecule has 0 aliphatic heterocycles. The fourth-order valence-corrected chi connectivity index (χ4v) is 0. The van der Waals surface area contributed by atoms with Crippen LogP contribution < -0.4 is 12.3 Å². The van der Waals surface area contributed by atoms with Gasteiger partial charge >= 0.3 is 17.1 Å². The van der Waals surface area contributed by atoms with Gasteiger partial charge in [-0.05, 0) is 0 Å². The SMILES string of the molecule is O.O.O.O.O.O.O.O=S(=O)([O-])[O-].O=S(=O)([O-])[O-].[Fe+2].[NH4+].[NH4+]. The Balaban J connectivity index is -0.00000000427. The van der Waals surface area contributed by atoms with E-state index in [2.05, 4.69) is 0 Å². The van der Waals surface area contributed by atoms with E-state index in [4.69, 9.17) is 35.0 Å². The summed E-state index contributed by atoms with van der Waals surface area (Å²) in [5.74, 6) is 0. The Morgan fingerprint density at radius 1 is 0.450 bits per heavy atom. The average Bonchev–Trinajstić information content (AvgIpc) is 1.12. The average molecular weight is 410 g/mol. The molecule has 22 N–H and O–H groups in total. The van der Waals surface area contributed by atoms with Crippen LogP contribution in [0.5, 0.6) is 0 Å². The van der Waals surface area contributed by atoms with Crippen LogP contribution in [0.3, 0.4) is 0 Å².